The van der Waals surface area contributed by atoms with Gasteiger partial charge in [0.25, 0.3) is 0 Å². The van der Waals surface area contributed by atoms with Crippen molar-refractivity contribution < 1.29 is 0 Å². The van der Waals surface area contributed by atoms with Gasteiger partial charge in [-0.3, -0.25) is 4.98 Å². The van der Waals surface area contributed by atoms with Crippen LogP contribution in [0.15, 0.2) is 48.8 Å². The lowest BCUT2D eigenvalue weighted by atomic mass is 10.1. The smallest absolute Gasteiger partial charge is 0.0831 e. The van der Waals surface area contributed by atoms with Crippen LogP contribution in [0, 0.1) is 0 Å². The normalized spacial score (nSPS) is 11.5. The minimum atomic E-state index is 0.770. The van der Waals surface area contributed by atoms with E-state index in [1.54, 1.807) is 17.5 Å². The van der Waals surface area contributed by atoms with Crippen LogP contribution in [0.1, 0.15) is 0 Å². The van der Waals surface area contributed by atoms with Gasteiger partial charge < -0.3 is 4.57 Å². The molecule has 0 aliphatic carbocycles. The van der Waals surface area contributed by atoms with E-state index in [1.807, 2.05) is 6.07 Å². The fourth-order valence-electron chi connectivity index (χ4n) is 2.48. The molecule has 0 aliphatic heterocycles. The standard InChI is InChI=1S/C16H11ClN2S/c1-19-7-5-10-8-11(2-3-14(10)19)15-9-13-16(20-15)12(17)4-6-18-13/h2-9H,1H3. The zero-order valence-electron chi connectivity index (χ0n) is 10.8. The third kappa shape index (κ3) is 1.74. The van der Waals surface area contributed by atoms with Crippen LogP contribution in [0.2, 0.25) is 5.02 Å². The summed E-state index contributed by atoms with van der Waals surface area (Å²) in [6.45, 7) is 0. The van der Waals surface area contributed by atoms with Crippen molar-refractivity contribution >= 4 is 44.1 Å². The topological polar surface area (TPSA) is 17.8 Å². The number of hydrogen-bond donors (Lipinski definition) is 0. The van der Waals surface area contributed by atoms with Crippen LogP contribution >= 0.6 is 22.9 Å². The molecule has 0 spiro atoms. The number of halogens is 1. The van der Waals surface area contributed by atoms with Crippen molar-refractivity contribution in [1.82, 2.24) is 9.55 Å². The fraction of sp³-hybridized carbons (Fsp3) is 0.0625. The molecule has 0 aliphatic rings. The summed E-state index contributed by atoms with van der Waals surface area (Å²) in [5.74, 6) is 0. The van der Waals surface area contributed by atoms with E-state index in [0.29, 0.717) is 0 Å². The molecule has 0 atom stereocenters. The Morgan fingerprint density at radius 3 is 2.90 bits per heavy atom. The Morgan fingerprint density at radius 1 is 1.15 bits per heavy atom. The van der Waals surface area contributed by atoms with Crippen LogP contribution in [0.5, 0.6) is 0 Å². The third-order valence-electron chi connectivity index (χ3n) is 3.53. The van der Waals surface area contributed by atoms with Gasteiger partial charge in [-0.05, 0) is 35.9 Å². The van der Waals surface area contributed by atoms with E-state index in [4.69, 9.17) is 11.6 Å². The minimum absolute atomic E-state index is 0.770. The molecular formula is C16H11ClN2S. The van der Waals surface area contributed by atoms with E-state index in [0.717, 1.165) is 15.2 Å². The van der Waals surface area contributed by atoms with Crippen molar-refractivity contribution in [2.24, 2.45) is 7.05 Å². The first-order valence-corrected chi connectivity index (χ1v) is 7.51. The summed E-state index contributed by atoms with van der Waals surface area (Å²) in [5.41, 5.74) is 3.42. The maximum absolute atomic E-state index is 6.22. The number of hydrogen-bond acceptors (Lipinski definition) is 2. The molecule has 4 heteroatoms. The number of pyridine rings is 1. The molecule has 0 saturated heterocycles. The molecule has 1 aromatic carbocycles. The van der Waals surface area contributed by atoms with E-state index >= 15 is 0 Å². The number of benzene rings is 1. The van der Waals surface area contributed by atoms with E-state index < -0.39 is 0 Å². The van der Waals surface area contributed by atoms with Crippen molar-refractivity contribution in [1.29, 1.82) is 0 Å². The summed E-state index contributed by atoms with van der Waals surface area (Å²) in [4.78, 5) is 5.58. The van der Waals surface area contributed by atoms with Crippen molar-refractivity contribution in [2.45, 2.75) is 0 Å². The lowest BCUT2D eigenvalue weighted by Crippen LogP contribution is -1.83. The summed E-state index contributed by atoms with van der Waals surface area (Å²) in [6.07, 6.45) is 3.83. The van der Waals surface area contributed by atoms with Crippen LogP contribution in [0.4, 0.5) is 0 Å². The SMILES string of the molecule is Cn1ccc2cc(-c3cc4nccc(Cl)c4s3)ccc21. The second-order valence-electron chi connectivity index (χ2n) is 4.82. The van der Waals surface area contributed by atoms with Gasteiger partial charge in [0.05, 0.1) is 15.2 Å². The van der Waals surface area contributed by atoms with Gasteiger partial charge in [0, 0.05) is 35.2 Å². The maximum Gasteiger partial charge on any atom is 0.0831 e. The monoisotopic (exact) mass is 298 g/mol. The Bertz CT molecular complexity index is 936. The first-order chi connectivity index (χ1) is 9.72. The van der Waals surface area contributed by atoms with Gasteiger partial charge in [-0.25, -0.2) is 0 Å². The van der Waals surface area contributed by atoms with Gasteiger partial charge in [-0.1, -0.05) is 17.7 Å². The largest absolute Gasteiger partial charge is 0.351 e. The molecule has 0 saturated carbocycles. The molecule has 2 nitrogen and oxygen atoms in total. The highest BCUT2D eigenvalue weighted by Crippen LogP contribution is 2.37. The van der Waals surface area contributed by atoms with Crippen LogP contribution in [-0.4, -0.2) is 9.55 Å². The van der Waals surface area contributed by atoms with Crippen LogP contribution < -0.4 is 0 Å². The summed E-state index contributed by atoms with van der Waals surface area (Å²) in [6, 6.07) is 12.6. The lowest BCUT2D eigenvalue weighted by Gasteiger charge is -1.99. The van der Waals surface area contributed by atoms with Crippen molar-refractivity contribution in [3.63, 3.8) is 0 Å². The number of fused-ring (bicyclic) bond motifs is 2. The molecule has 0 radical (unpaired) electrons. The van der Waals surface area contributed by atoms with Crippen molar-refractivity contribution in [3.05, 3.63) is 53.8 Å². The second-order valence-corrected chi connectivity index (χ2v) is 6.28. The molecule has 0 bridgehead atoms. The molecule has 4 rings (SSSR count). The average molecular weight is 299 g/mol. The van der Waals surface area contributed by atoms with E-state index in [1.165, 1.54) is 21.3 Å². The first-order valence-electron chi connectivity index (χ1n) is 6.32. The summed E-state index contributed by atoms with van der Waals surface area (Å²) in [5, 5.41) is 2.02. The van der Waals surface area contributed by atoms with Gasteiger partial charge in [0.1, 0.15) is 0 Å². The van der Waals surface area contributed by atoms with Gasteiger partial charge in [-0.15, -0.1) is 11.3 Å². The average Bonchev–Trinajstić information content (AvgIpc) is 3.04. The van der Waals surface area contributed by atoms with E-state index in [9.17, 15) is 0 Å². The van der Waals surface area contributed by atoms with Gasteiger partial charge >= 0.3 is 0 Å². The van der Waals surface area contributed by atoms with E-state index in [2.05, 4.69) is 53.1 Å². The Morgan fingerprint density at radius 2 is 2.05 bits per heavy atom. The second kappa shape index (κ2) is 4.33. The zero-order chi connectivity index (χ0) is 13.7. The van der Waals surface area contributed by atoms with Gasteiger partial charge in [0.15, 0.2) is 0 Å². The Labute approximate surface area is 125 Å². The zero-order valence-corrected chi connectivity index (χ0v) is 12.4. The van der Waals surface area contributed by atoms with Gasteiger partial charge in [-0.2, -0.15) is 0 Å². The maximum atomic E-state index is 6.22. The molecule has 0 amide bonds. The summed E-state index contributed by atoms with van der Waals surface area (Å²) in [7, 11) is 2.06. The summed E-state index contributed by atoms with van der Waals surface area (Å²) >= 11 is 7.91. The number of rotatable bonds is 1. The predicted octanol–water partition coefficient (Wildman–Crippen LogP) is 5.11. The van der Waals surface area contributed by atoms with Crippen molar-refractivity contribution in [2.75, 3.05) is 0 Å². The molecule has 0 fully saturated rings. The van der Waals surface area contributed by atoms with Gasteiger partial charge in [0.2, 0.25) is 0 Å². The molecule has 20 heavy (non-hydrogen) atoms. The Kier molecular flexibility index (Phi) is 2.59. The molecule has 0 N–H and O–H groups in total. The number of nitrogens with zero attached hydrogens (tertiary/aromatic N) is 2. The summed E-state index contributed by atoms with van der Waals surface area (Å²) < 4.78 is 3.18. The van der Waals surface area contributed by atoms with Crippen LogP contribution in [0.25, 0.3) is 31.6 Å². The molecular weight excluding hydrogens is 288 g/mol. The highest BCUT2D eigenvalue weighted by molar-refractivity contribution is 7.22. The highest BCUT2D eigenvalue weighted by atomic mass is 35.5. The molecule has 98 valence electrons. The molecule has 0 unspecified atom stereocenters. The molecule has 3 aromatic heterocycles. The Balaban J connectivity index is 1.93. The highest BCUT2D eigenvalue weighted by Gasteiger charge is 2.09. The third-order valence-corrected chi connectivity index (χ3v) is 5.17. The number of aryl methyl sites for hydroxylation is 1. The first kappa shape index (κ1) is 11.9. The Hall–Kier alpha value is -1.84. The molecule has 4 aromatic rings. The lowest BCUT2D eigenvalue weighted by molar-refractivity contribution is 0.969. The predicted molar refractivity (Wildman–Crippen MR) is 86.5 cm³/mol. The van der Waals surface area contributed by atoms with Crippen LogP contribution in [0.3, 0.4) is 0 Å². The number of thiophene rings is 1. The quantitative estimate of drug-likeness (QED) is 0.477. The van der Waals surface area contributed by atoms with Crippen LogP contribution in [-0.2, 0) is 7.05 Å². The van der Waals surface area contributed by atoms with E-state index in [-0.39, 0.29) is 0 Å². The van der Waals surface area contributed by atoms with Crippen molar-refractivity contribution in [3.8, 4) is 10.4 Å². The number of aromatic nitrogens is 2. The minimum Gasteiger partial charge on any atom is -0.351 e. The molecule has 3 heterocycles. The fourth-order valence-corrected chi connectivity index (χ4v) is 3.77.